The van der Waals surface area contributed by atoms with Gasteiger partial charge in [-0.2, -0.15) is 0 Å². The van der Waals surface area contributed by atoms with Crippen LogP contribution in [0.5, 0.6) is 0 Å². The van der Waals surface area contributed by atoms with Gasteiger partial charge in [0.2, 0.25) is 5.91 Å². The molecule has 0 fully saturated rings. The molecule has 0 saturated carbocycles. The lowest BCUT2D eigenvalue weighted by Gasteiger charge is -2.16. The number of amides is 1. The van der Waals surface area contributed by atoms with Crippen LogP contribution in [0, 0.1) is 0 Å². The number of methoxy groups -OCH3 is 1. The standard InChI is InChI=1S/C12H13BrN2O3/c1-6(12(17)18-2)14-10-8-4-3-7(13)5-9(8)15-11(10)16/h3-6,10,14H,1-2H3,(H,15,16)/t6-,10?/m0/s1. The third-order valence-corrected chi connectivity index (χ3v) is 3.31. The van der Waals surface area contributed by atoms with Crippen molar-refractivity contribution in [1.82, 2.24) is 5.32 Å². The Morgan fingerprint density at radius 3 is 2.94 bits per heavy atom. The first-order valence-corrected chi connectivity index (χ1v) is 6.26. The highest BCUT2D eigenvalue weighted by atomic mass is 79.9. The van der Waals surface area contributed by atoms with Crippen molar-refractivity contribution in [3.05, 3.63) is 28.2 Å². The van der Waals surface area contributed by atoms with Gasteiger partial charge in [0.05, 0.1) is 7.11 Å². The first-order valence-electron chi connectivity index (χ1n) is 5.47. The lowest BCUT2D eigenvalue weighted by atomic mass is 10.1. The summed E-state index contributed by atoms with van der Waals surface area (Å²) in [6.07, 6.45) is 0. The highest BCUT2D eigenvalue weighted by molar-refractivity contribution is 9.10. The number of hydrogen-bond acceptors (Lipinski definition) is 4. The van der Waals surface area contributed by atoms with E-state index in [0.29, 0.717) is 0 Å². The molecular formula is C12H13BrN2O3. The van der Waals surface area contributed by atoms with Crippen molar-refractivity contribution in [3.63, 3.8) is 0 Å². The maximum atomic E-state index is 11.8. The van der Waals surface area contributed by atoms with Crippen molar-refractivity contribution < 1.29 is 14.3 Å². The van der Waals surface area contributed by atoms with E-state index in [1.54, 1.807) is 6.92 Å². The second kappa shape index (κ2) is 5.07. The van der Waals surface area contributed by atoms with Gasteiger partial charge in [-0.1, -0.05) is 22.0 Å². The minimum atomic E-state index is -0.541. The van der Waals surface area contributed by atoms with Crippen LogP contribution in [0.15, 0.2) is 22.7 Å². The summed E-state index contributed by atoms with van der Waals surface area (Å²) in [5.74, 6) is -0.563. The molecule has 0 spiro atoms. The molecule has 0 bridgehead atoms. The van der Waals surface area contributed by atoms with E-state index in [0.717, 1.165) is 15.7 Å². The van der Waals surface area contributed by atoms with Crippen molar-refractivity contribution in [2.24, 2.45) is 0 Å². The Labute approximate surface area is 113 Å². The minimum Gasteiger partial charge on any atom is -0.468 e. The van der Waals surface area contributed by atoms with E-state index in [1.165, 1.54) is 7.11 Å². The summed E-state index contributed by atoms with van der Waals surface area (Å²) in [5, 5.41) is 5.72. The Bertz CT molecular complexity index is 504. The van der Waals surface area contributed by atoms with Crippen LogP contribution in [0.4, 0.5) is 5.69 Å². The third-order valence-electron chi connectivity index (χ3n) is 2.82. The van der Waals surface area contributed by atoms with Gasteiger partial charge >= 0.3 is 5.97 Å². The number of esters is 1. The van der Waals surface area contributed by atoms with Crippen LogP contribution >= 0.6 is 15.9 Å². The second-order valence-electron chi connectivity index (χ2n) is 4.07. The monoisotopic (exact) mass is 312 g/mol. The van der Waals surface area contributed by atoms with E-state index in [-0.39, 0.29) is 5.91 Å². The molecule has 18 heavy (non-hydrogen) atoms. The number of hydrogen-bond donors (Lipinski definition) is 2. The molecule has 2 N–H and O–H groups in total. The van der Waals surface area contributed by atoms with Crippen LogP contribution in [-0.2, 0) is 14.3 Å². The normalized spacial score (nSPS) is 19.1. The largest absolute Gasteiger partial charge is 0.468 e. The Balaban J connectivity index is 2.21. The van der Waals surface area contributed by atoms with Crippen LogP contribution in [-0.4, -0.2) is 25.0 Å². The van der Waals surface area contributed by atoms with Crippen LogP contribution in [0.25, 0.3) is 0 Å². The summed E-state index contributed by atoms with van der Waals surface area (Å²) in [7, 11) is 1.32. The number of fused-ring (bicyclic) bond motifs is 1. The van der Waals surface area contributed by atoms with Crippen molar-refractivity contribution in [2.75, 3.05) is 12.4 Å². The topological polar surface area (TPSA) is 67.4 Å². The van der Waals surface area contributed by atoms with Crippen molar-refractivity contribution in [2.45, 2.75) is 19.0 Å². The fraction of sp³-hybridized carbons (Fsp3) is 0.333. The molecule has 0 aromatic heterocycles. The van der Waals surface area contributed by atoms with Crippen molar-refractivity contribution in [3.8, 4) is 0 Å². The molecule has 1 aliphatic heterocycles. The van der Waals surface area contributed by atoms with Gasteiger partial charge in [-0.3, -0.25) is 14.9 Å². The first-order chi connectivity index (χ1) is 8.52. The summed E-state index contributed by atoms with van der Waals surface area (Å²) in [6, 6.07) is 4.47. The molecule has 1 aromatic rings. The predicted octanol–water partition coefficient (Wildman–Crippen LogP) is 1.59. The summed E-state index contributed by atoms with van der Waals surface area (Å²) in [5.41, 5.74) is 1.59. The molecule has 5 nitrogen and oxygen atoms in total. The number of carbonyl (C=O) groups is 2. The molecule has 1 heterocycles. The summed E-state index contributed by atoms with van der Waals surface area (Å²) in [4.78, 5) is 23.2. The van der Waals surface area contributed by atoms with Gasteiger partial charge < -0.3 is 10.1 Å². The Hall–Kier alpha value is -1.40. The number of anilines is 1. The van der Waals surface area contributed by atoms with Gasteiger partial charge in [-0.05, 0) is 19.1 Å². The van der Waals surface area contributed by atoms with Gasteiger partial charge in [-0.15, -0.1) is 0 Å². The van der Waals surface area contributed by atoms with Gasteiger partial charge in [0.1, 0.15) is 12.1 Å². The third kappa shape index (κ3) is 2.39. The molecule has 6 heteroatoms. The average molecular weight is 313 g/mol. The molecule has 2 atom stereocenters. The highest BCUT2D eigenvalue weighted by Crippen LogP contribution is 2.33. The van der Waals surface area contributed by atoms with E-state index >= 15 is 0 Å². The lowest BCUT2D eigenvalue weighted by molar-refractivity contribution is -0.142. The zero-order valence-electron chi connectivity index (χ0n) is 9.99. The number of halogens is 1. The molecule has 1 amide bonds. The molecule has 1 aromatic carbocycles. The van der Waals surface area contributed by atoms with E-state index < -0.39 is 18.1 Å². The summed E-state index contributed by atoms with van der Waals surface area (Å²) >= 11 is 3.34. The lowest BCUT2D eigenvalue weighted by Crippen LogP contribution is -2.40. The molecule has 0 radical (unpaired) electrons. The minimum absolute atomic E-state index is 0.168. The second-order valence-corrected chi connectivity index (χ2v) is 4.98. The van der Waals surface area contributed by atoms with Crippen LogP contribution in [0.3, 0.4) is 0 Å². The van der Waals surface area contributed by atoms with Crippen LogP contribution < -0.4 is 10.6 Å². The molecule has 0 aliphatic carbocycles. The Kier molecular flexibility index (Phi) is 3.68. The summed E-state index contributed by atoms with van der Waals surface area (Å²) < 4.78 is 5.52. The fourth-order valence-electron chi connectivity index (χ4n) is 1.89. The molecule has 1 aliphatic rings. The number of rotatable bonds is 3. The SMILES string of the molecule is COC(=O)[C@H](C)NC1C(=O)Nc2cc(Br)ccc21. The zero-order chi connectivity index (χ0) is 13.3. The Morgan fingerprint density at radius 1 is 1.56 bits per heavy atom. The van der Waals surface area contributed by atoms with Gasteiger partial charge in [0.25, 0.3) is 0 Å². The fourth-order valence-corrected chi connectivity index (χ4v) is 2.26. The average Bonchev–Trinajstić information content (AvgIpc) is 2.64. The van der Waals surface area contributed by atoms with E-state index in [4.69, 9.17) is 0 Å². The molecular weight excluding hydrogens is 300 g/mol. The number of benzene rings is 1. The van der Waals surface area contributed by atoms with E-state index in [2.05, 4.69) is 31.3 Å². The smallest absolute Gasteiger partial charge is 0.322 e. The van der Waals surface area contributed by atoms with Gasteiger partial charge in [0.15, 0.2) is 0 Å². The molecule has 96 valence electrons. The Morgan fingerprint density at radius 2 is 2.28 bits per heavy atom. The first kappa shape index (κ1) is 13.0. The van der Waals surface area contributed by atoms with E-state index in [9.17, 15) is 9.59 Å². The van der Waals surface area contributed by atoms with Crippen LogP contribution in [0.1, 0.15) is 18.5 Å². The maximum Gasteiger partial charge on any atom is 0.322 e. The summed E-state index contributed by atoms with van der Waals surface area (Å²) in [6.45, 7) is 1.66. The van der Waals surface area contributed by atoms with Gasteiger partial charge in [0, 0.05) is 15.7 Å². The molecule has 0 saturated heterocycles. The number of carbonyl (C=O) groups excluding carboxylic acids is 2. The number of ether oxygens (including phenoxy) is 1. The van der Waals surface area contributed by atoms with Gasteiger partial charge in [-0.25, -0.2) is 0 Å². The van der Waals surface area contributed by atoms with Crippen molar-refractivity contribution >= 4 is 33.5 Å². The molecule has 1 unspecified atom stereocenters. The number of nitrogens with one attached hydrogen (secondary N) is 2. The predicted molar refractivity (Wildman–Crippen MR) is 70.1 cm³/mol. The quantitative estimate of drug-likeness (QED) is 0.832. The zero-order valence-corrected chi connectivity index (χ0v) is 11.6. The highest BCUT2D eigenvalue weighted by Gasteiger charge is 2.32. The van der Waals surface area contributed by atoms with Crippen molar-refractivity contribution in [1.29, 1.82) is 0 Å². The van der Waals surface area contributed by atoms with E-state index in [1.807, 2.05) is 18.2 Å². The van der Waals surface area contributed by atoms with Crippen LogP contribution in [0.2, 0.25) is 0 Å². The maximum absolute atomic E-state index is 11.8. The molecule has 2 rings (SSSR count).